The smallest absolute Gasteiger partial charge is 0.128 e. The third kappa shape index (κ3) is 5.20. The maximum absolute atomic E-state index is 6.28. The van der Waals surface area contributed by atoms with Crippen LogP contribution >= 0.6 is 24.0 Å². The summed E-state index contributed by atoms with van der Waals surface area (Å²) < 4.78 is 6.28. The van der Waals surface area contributed by atoms with Gasteiger partial charge in [0.25, 0.3) is 0 Å². The van der Waals surface area contributed by atoms with Crippen molar-refractivity contribution in [1.29, 1.82) is 0 Å². The van der Waals surface area contributed by atoms with E-state index in [0.717, 1.165) is 55.5 Å². The van der Waals surface area contributed by atoms with Crippen molar-refractivity contribution >= 4 is 29.8 Å². The molecule has 2 aromatic carbocycles. The molecule has 2 aliphatic rings. The molecule has 0 saturated carbocycles. The lowest BCUT2D eigenvalue weighted by Crippen LogP contribution is -2.50. The summed E-state index contributed by atoms with van der Waals surface area (Å²) in [6, 6.07) is 23.8. The molecule has 0 amide bonds. The zero-order valence-electron chi connectivity index (χ0n) is 18.1. The summed E-state index contributed by atoms with van der Waals surface area (Å²) in [7, 11) is 0. The molecule has 2 aliphatic heterocycles. The normalized spacial score (nSPS) is 19.4. The minimum atomic E-state index is 0. The predicted molar refractivity (Wildman–Crippen MR) is 133 cm³/mol. The maximum Gasteiger partial charge on any atom is 0.128 e. The van der Waals surface area contributed by atoms with E-state index in [1.54, 1.807) is 0 Å². The highest BCUT2D eigenvalue weighted by Gasteiger charge is 2.33. The van der Waals surface area contributed by atoms with E-state index in [1.807, 2.05) is 24.4 Å². The monoisotopic (exact) mass is 469 g/mol. The lowest BCUT2D eigenvalue weighted by Gasteiger charge is -2.41. The zero-order chi connectivity index (χ0) is 21.0. The first-order chi connectivity index (χ1) is 15.3. The van der Waals surface area contributed by atoms with Crippen molar-refractivity contribution in [3.63, 3.8) is 0 Å². The second-order valence-corrected chi connectivity index (χ2v) is 8.92. The highest BCUT2D eigenvalue weighted by atomic mass is 35.5. The van der Waals surface area contributed by atoms with Crippen LogP contribution < -0.4 is 9.64 Å². The average molecular weight is 470 g/mol. The highest BCUT2D eigenvalue weighted by molar-refractivity contribution is 6.30. The number of anilines is 1. The Morgan fingerprint density at radius 1 is 0.938 bits per heavy atom. The number of piperidine rings is 1. The Hall–Kier alpha value is -2.27. The number of halogens is 2. The average Bonchev–Trinajstić information content (AvgIpc) is 3.01. The standard InChI is InChI=1S/C26H28ClN3O.ClH/c27-22-10-8-20(9-11-22)17-24-19-31-25-6-2-1-5-21(25)18-30(24)23-12-15-29(16-13-23)26-7-3-4-14-28-26;/h1-11,14,23-24H,12-13,15-19H2;1H/t24-;/m0./s1. The molecule has 0 unspecified atom stereocenters. The number of pyridine rings is 1. The van der Waals surface area contributed by atoms with Crippen molar-refractivity contribution in [3.05, 3.63) is 89.1 Å². The van der Waals surface area contributed by atoms with Gasteiger partial charge in [-0.2, -0.15) is 0 Å². The molecule has 32 heavy (non-hydrogen) atoms. The molecule has 3 heterocycles. The predicted octanol–water partition coefficient (Wildman–Crippen LogP) is 5.63. The van der Waals surface area contributed by atoms with Gasteiger partial charge in [-0.25, -0.2) is 4.98 Å². The fraction of sp³-hybridized carbons (Fsp3) is 0.346. The number of fused-ring (bicyclic) bond motifs is 1. The van der Waals surface area contributed by atoms with Gasteiger partial charge in [0.2, 0.25) is 0 Å². The number of benzene rings is 2. The van der Waals surface area contributed by atoms with Crippen LogP contribution in [0.25, 0.3) is 0 Å². The molecule has 5 rings (SSSR count). The molecule has 3 aromatic rings. The van der Waals surface area contributed by atoms with Crippen LogP contribution in [-0.2, 0) is 13.0 Å². The van der Waals surface area contributed by atoms with E-state index >= 15 is 0 Å². The Labute approximate surface area is 201 Å². The highest BCUT2D eigenvalue weighted by Crippen LogP contribution is 2.31. The van der Waals surface area contributed by atoms with Crippen molar-refractivity contribution in [2.45, 2.75) is 37.9 Å². The summed E-state index contributed by atoms with van der Waals surface area (Å²) >= 11 is 6.11. The number of rotatable bonds is 4. The molecule has 4 nitrogen and oxygen atoms in total. The zero-order valence-corrected chi connectivity index (χ0v) is 19.6. The van der Waals surface area contributed by atoms with Gasteiger partial charge in [0.05, 0.1) is 0 Å². The molecule has 6 heteroatoms. The van der Waals surface area contributed by atoms with Crippen molar-refractivity contribution in [1.82, 2.24) is 9.88 Å². The van der Waals surface area contributed by atoms with Crippen LogP contribution in [-0.4, -0.2) is 41.7 Å². The van der Waals surface area contributed by atoms with Gasteiger partial charge < -0.3 is 9.64 Å². The van der Waals surface area contributed by atoms with Crippen LogP contribution in [0.15, 0.2) is 72.9 Å². The van der Waals surface area contributed by atoms with Crippen molar-refractivity contribution in [2.24, 2.45) is 0 Å². The lowest BCUT2D eigenvalue weighted by atomic mass is 9.97. The summed E-state index contributed by atoms with van der Waals surface area (Å²) in [5, 5.41) is 0.784. The fourth-order valence-corrected chi connectivity index (χ4v) is 4.97. The minimum absolute atomic E-state index is 0. The Morgan fingerprint density at radius 2 is 1.69 bits per heavy atom. The SMILES string of the molecule is Cl.Clc1ccc(C[C@H]2COc3ccccc3CN2C2CCN(c3ccccn3)CC2)cc1. The number of nitrogens with zero attached hydrogens (tertiary/aromatic N) is 3. The molecule has 0 N–H and O–H groups in total. The molecule has 1 saturated heterocycles. The van der Waals surface area contributed by atoms with Gasteiger partial charge in [0.15, 0.2) is 0 Å². The number of hydrogen-bond acceptors (Lipinski definition) is 4. The molecule has 0 spiro atoms. The minimum Gasteiger partial charge on any atom is -0.492 e. The van der Waals surface area contributed by atoms with Crippen LogP contribution in [0, 0.1) is 0 Å². The Bertz CT molecular complexity index is 991. The number of para-hydroxylation sites is 1. The van der Waals surface area contributed by atoms with Crippen LogP contribution in [0.2, 0.25) is 5.02 Å². The van der Waals surface area contributed by atoms with Crippen LogP contribution in [0.1, 0.15) is 24.0 Å². The first kappa shape index (κ1) is 22.9. The first-order valence-corrected chi connectivity index (χ1v) is 11.5. The maximum atomic E-state index is 6.28. The second-order valence-electron chi connectivity index (χ2n) is 8.48. The molecular weight excluding hydrogens is 441 g/mol. The third-order valence-corrected chi connectivity index (χ3v) is 6.77. The summed E-state index contributed by atoms with van der Waals surface area (Å²) in [5.41, 5.74) is 2.59. The van der Waals surface area contributed by atoms with E-state index in [2.05, 4.69) is 63.3 Å². The number of hydrogen-bond donors (Lipinski definition) is 0. The van der Waals surface area contributed by atoms with E-state index < -0.39 is 0 Å². The Kier molecular flexibility index (Phi) is 7.56. The lowest BCUT2D eigenvalue weighted by molar-refractivity contribution is 0.0834. The van der Waals surface area contributed by atoms with Gasteiger partial charge in [0, 0.05) is 48.5 Å². The molecule has 1 fully saturated rings. The van der Waals surface area contributed by atoms with Crippen LogP contribution in [0.5, 0.6) is 5.75 Å². The van der Waals surface area contributed by atoms with Crippen molar-refractivity contribution in [2.75, 3.05) is 24.6 Å². The summed E-state index contributed by atoms with van der Waals surface area (Å²) in [6.45, 7) is 3.71. The van der Waals surface area contributed by atoms with E-state index in [0.29, 0.717) is 18.7 Å². The van der Waals surface area contributed by atoms with Crippen LogP contribution in [0.3, 0.4) is 0 Å². The van der Waals surface area contributed by atoms with Gasteiger partial charge in [0.1, 0.15) is 18.2 Å². The fourth-order valence-electron chi connectivity index (χ4n) is 4.85. The van der Waals surface area contributed by atoms with E-state index in [9.17, 15) is 0 Å². The number of aromatic nitrogens is 1. The molecular formula is C26H29Cl2N3O. The second kappa shape index (κ2) is 10.6. The first-order valence-electron chi connectivity index (χ1n) is 11.1. The molecule has 0 radical (unpaired) electrons. The van der Waals surface area contributed by atoms with Gasteiger partial charge in [-0.15, -0.1) is 12.4 Å². The molecule has 168 valence electrons. The molecule has 0 bridgehead atoms. The van der Waals surface area contributed by atoms with Crippen molar-refractivity contribution in [3.8, 4) is 5.75 Å². The Balaban J connectivity index is 0.00000245. The summed E-state index contributed by atoms with van der Waals surface area (Å²) in [6.07, 6.45) is 5.12. The summed E-state index contributed by atoms with van der Waals surface area (Å²) in [5.74, 6) is 2.11. The van der Waals surface area contributed by atoms with Crippen LogP contribution in [0.4, 0.5) is 5.82 Å². The summed E-state index contributed by atoms with van der Waals surface area (Å²) in [4.78, 5) is 9.64. The van der Waals surface area contributed by atoms with E-state index in [1.165, 1.54) is 11.1 Å². The van der Waals surface area contributed by atoms with Gasteiger partial charge in [-0.3, -0.25) is 4.90 Å². The molecule has 0 aliphatic carbocycles. The molecule has 1 aromatic heterocycles. The topological polar surface area (TPSA) is 28.6 Å². The molecule has 1 atom stereocenters. The largest absolute Gasteiger partial charge is 0.492 e. The van der Waals surface area contributed by atoms with Crippen molar-refractivity contribution < 1.29 is 4.74 Å². The quantitative estimate of drug-likeness (QED) is 0.494. The number of ether oxygens (including phenoxy) is 1. The van der Waals surface area contributed by atoms with Gasteiger partial charge in [-0.05, 0) is 55.2 Å². The Morgan fingerprint density at radius 3 is 2.44 bits per heavy atom. The third-order valence-electron chi connectivity index (χ3n) is 6.52. The van der Waals surface area contributed by atoms with E-state index in [-0.39, 0.29) is 12.4 Å². The van der Waals surface area contributed by atoms with Gasteiger partial charge in [-0.1, -0.05) is 48.0 Å². The van der Waals surface area contributed by atoms with E-state index in [4.69, 9.17) is 16.3 Å². The van der Waals surface area contributed by atoms with Gasteiger partial charge >= 0.3 is 0 Å².